The van der Waals surface area contributed by atoms with Gasteiger partial charge in [-0.25, -0.2) is 13.8 Å². The van der Waals surface area contributed by atoms with Crippen LogP contribution < -0.4 is 5.32 Å². The van der Waals surface area contributed by atoms with Gasteiger partial charge in [-0.1, -0.05) is 29.4 Å². The fraction of sp³-hybridized carbons (Fsp3) is 0.125. The average molecular weight is 369 g/mol. The van der Waals surface area contributed by atoms with Gasteiger partial charge in [0.2, 0.25) is 5.91 Å². The molecule has 0 bridgehead atoms. The fourth-order valence-electron chi connectivity index (χ4n) is 1.98. The van der Waals surface area contributed by atoms with Crippen LogP contribution in [-0.2, 0) is 4.79 Å². The van der Waals surface area contributed by atoms with E-state index in [-0.39, 0.29) is 5.22 Å². The van der Waals surface area contributed by atoms with Gasteiger partial charge in [-0.3, -0.25) is 4.79 Å². The van der Waals surface area contributed by atoms with E-state index in [1.54, 1.807) is 25.1 Å². The maximum atomic E-state index is 13.6. The molecule has 1 unspecified atom stereocenters. The van der Waals surface area contributed by atoms with Gasteiger partial charge in [-0.2, -0.15) is 0 Å². The zero-order chi connectivity index (χ0) is 17.3. The highest BCUT2D eigenvalue weighted by Gasteiger charge is 2.20. The van der Waals surface area contributed by atoms with Crippen molar-refractivity contribution in [2.24, 2.45) is 0 Å². The summed E-state index contributed by atoms with van der Waals surface area (Å²) >= 11 is 6.92. The Hall–Kier alpha value is -2.12. The van der Waals surface area contributed by atoms with Gasteiger partial charge in [0.25, 0.3) is 5.22 Å². The number of carbonyl (C=O) groups excluding carboxylic acids is 1. The number of anilines is 1. The van der Waals surface area contributed by atoms with Crippen LogP contribution in [0, 0.1) is 11.6 Å². The summed E-state index contributed by atoms with van der Waals surface area (Å²) in [4.78, 5) is 16.4. The number of carbonyl (C=O) groups is 1. The summed E-state index contributed by atoms with van der Waals surface area (Å²) in [6, 6.07) is 8.35. The normalized spacial score (nSPS) is 12.3. The summed E-state index contributed by atoms with van der Waals surface area (Å²) in [7, 11) is 0. The van der Waals surface area contributed by atoms with Gasteiger partial charge in [0.15, 0.2) is 5.58 Å². The van der Waals surface area contributed by atoms with Crippen LogP contribution >= 0.6 is 23.4 Å². The lowest BCUT2D eigenvalue weighted by molar-refractivity contribution is -0.115. The molecule has 1 heterocycles. The third kappa shape index (κ3) is 3.52. The predicted octanol–water partition coefficient (Wildman–Crippen LogP) is 4.88. The lowest BCUT2D eigenvalue weighted by Gasteiger charge is -2.11. The Morgan fingerprint density at radius 1 is 1.29 bits per heavy atom. The maximum Gasteiger partial charge on any atom is 0.257 e. The minimum absolute atomic E-state index is 0.268. The zero-order valence-electron chi connectivity index (χ0n) is 12.3. The lowest BCUT2D eigenvalue weighted by Crippen LogP contribution is -2.23. The van der Waals surface area contributed by atoms with E-state index in [0.717, 1.165) is 23.9 Å². The topological polar surface area (TPSA) is 55.1 Å². The largest absolute Gasteiger partial charge is 0.431 e. The molecule has 1 amide bonds. The van der Waals surface area contributed by atoms with Gasteiger partial charge in [0.1, 0.15) is 22.8 Å². The number of benzene rings is 2. The molecule has 8 heteroatoms. The number of aromatic nitrogens is 1. The molecule has 1 atom stereocenters. The summed E-state index contributed by atoms with van der Waals surface area (Å²) in [6.07, 6.45) is 0. The van der Waals surface area contributed by atoms with Crippen LogP contribution in [-0.4, -0.2) is 16.1 Å². The van der Waals surface area contributed by atoms with Crippen molar-refractivity contribution in [1.29, 1.82) is 0 Å². The number of fused-ring (bicyclic) bond motifs is 1. The van der Waals surface area contributed by atoms with Gasteiger partial charge in [0, 0.05) is 5.02 Å². The number of nitrogens with zero attached hydrogens (tertiary/aromatic N) is 1. The fourth-order valence-corrected chi connectivity index (χ4v) is 2.90. The van der Waals surface area contributed by atoms with E-state index in [1.165, 1.54) is 6.07 Å². The second-order valence-electron chi connectivity index (χ2n) is 4.94. The first-order valence-corrected chi connectivity index (χ1v) is 8.17. The predicted molar refractivity (Wildman–Crippen MR) is 89.3 cm³/mol. The summed E-state index contributed by atoms with van der Waals surface area (Å²) in [6.45, 7) is 1.58. The van der Waals surface area contributed by atoms with Crippen molar-refractivity contribution in [3.8, 4) is 0 Å². The molecule has 0 fully saturated rings. The Labute approximate surface area is 145 Å². The van der Waals surface area contributed by atoms with Crippen molar-refractivity contribution in [2.75, 3.05) is 5.32 Å². The van der Waals surface area contributed by atoms with Gasteiger partial charge >= 0.3 is 0 Å². The number of para-hydroxylation sites is 1. The van der Waals surface area contributed by atoms with Crippen LogP contribution in [0.1, 0.15) is 6.92 Å². The number of hydrogen-bond donors (Lipinski definition) is 1. The molecule has 4 nitrogen and oxygen atoms in total. The van der Waals surface area contributed by atoms with Gasteiger partial charge in [0.05, 0.1) is 5.25 Å². The first-order chi connectivity index (χ1) is 11.4. The van der Waals surface area contributed by atoms with Gasteiger partial charge in [-0.15, -0.1) is 0 Å². The number of rotatable bonds is 4. The van der Waals surface area contributed by atoms with Crippen LogP contribution in [0.25, 0.3) is 11.1 Å². The maximum absolute atomic E-state index is 13.6. The summed E-state index contributed by atoms with van der Waals surface area (Å²) in [5, 5.41) is 2.36. The zero-order valence-corrected chi connectivity index (χ0v) is 13.9. The molecule has 0 aliphatic carbocycles. The minimum atomic E-state index is -0.836. The second-order valence-corrected chi connectivity index (χ2v) is 6.67. The molecule has 1 aromatic heterocycles. The molecule has 3 rings (SSSR count). The molecule has 0 saturated carbocycles. The van der Waals surface area contributed by atoms with Crippen molar-refractivity contribution in [3.63, 3.8) is 0 Å². The van der Waals surface area contributed by atoms with Gasteiger partial charge in [-0.05, 0) is 37.3 Å². The van der Waals surface area contributed by atoms with E-state index in [0.29, 0.717) is 16.1 Å². The molecular weight excluding hydrogens is 358 g/mol. The first-order valence-electron chi connectivity index (χ1n) is 6.91. The molecule has 0 spiro atoms. The van der Waals surface area contributed by atoms with Gasteiger partial charge < -0.3 is 9.73 Å². The summed E-state index contributed by atoms with van der Waals surface area (Å²) in [5.74, 6) is -2.24. The summed E-state index contributed by atoms with van der Waals surface area (Å²) in [5.41, 5.74) is 0.631. The molecule has 2 aromatic carbocycles. The van der Waals surface area contributed by atoms with Crippen molar-refractivity contribution >= 4 is 46.1 Å². The Balaban J connectivity index is 1.73. The minimum Gasteiger partial charge on any atom is -0.431 e. The highest BCUT2D eigenvalue weighted by Crippen LogP contribution is 2.29. The number of amides is 1. The highest BCUT2D eigenvalue weighted by atomic mass is 35.5. The third-order valence-corrected chi connectivity index (χ3v) is 4.37. The van der Waals surface area contributed by atoms with Crippen molar-refractivity contribution < 1.29 is 18.0 Å². The van der Waals surface area contributed by atoms with E-state index in [2.05, 4.69) is 10.3 Å². The quantitative estimate of drug-likeness (QED) is 0.667. The Kier molecular flexibility index (Phi) is 4.73. The molecule has 124 valence electrons. The molecule has 0 aliphatic heterocycles. The van der Waals surface area contributed by atoms with Crippen molar-refractivity contribution in [1.82, 2.24) is 4.98 Å². The van der Waals surface area contributed by atoms with E-state index in [1.807, 2.05) is 0 Å². The van der Waals surface area contributed by atoms with E-state index < -0.39 is 28.5 Å². The van der Waals surface area contributed by atoms with E-state index >= 15 is 0 Å². The number of oxazole rings is 1. The Morgan fingerprint density at radius 3 is 2.71 bits per heavy atom. The molecule has 0 radical (unpaired) electrons. The summed E-state index contributed by atoms with van der Waals surface area (Å²) < 4.78 is 32.7. The molecule has 0 aliphatic rings. The number of halogens is 3. The molecule has 0 saturated heterocycles. The lowest BCUT2D eigenvalue weighted by atomic mass is 10.3. The second kappa shape index (κ2) is 6.78. The molecule has 24 heavy (non-hydrogen) atoms. The van der Waals surface area contributed by atoms with Crippen molar-refractivity contribution in [2.45, 2.75) is 17.4 Å². The monoisotopic (exact) mass is 368 g/mol. The molecule has 3 aromatic rings. The van der Waals surface area contributed by atoms with Crippen LogP contribution in [0.15, 0.2) is 46.0 Å². The molecular formula is C16H11ClF2N2O2S. The Morgan fingerprint density at radius 2 is 2.00 bits per heavy atom. The average Bonchev–Trinajstić information content (AvgIpc) is 2.92. The van der Waals surface area contributed by atoms with Crippen LogP contribution in [0.3, 0.4) is 0 Å². The SMILES string of the molecule is CC(Sc1nc2cc(Cl)ccc2o1)C(=O)Nc1c(F)cccc1F. The Bertz CT molecular complexity index is 896. The number of hydrogen-bond acceptors (Lipinski definition) is 4. The smallest absolute Gasteiger partial charge is 0.257 e. The highest BCUT2D eigenvalue weighted by molar-refractivity contribution is 8.00. The third-order valence-electron chi connectivity index (χ3n) is 3.19. The molecule has 1 N–H and O–H groups in total. The van der Waals surface area contributed by atoms with Crippen molar-refractivity contribution in [3.05, 3.63) is 53.1 Å². The van der Waals surface area contributed by atoms with E-state index in [9.17, 15) is 13.6 Å². The van der Waals surface area contributed by atoms with Crippen LogP contribution in [0.2, 0.25) is 5.02 Å². The van der Waals surface area contributed by atoms with Crippen LogP contribution in [0.4, 0.5) is 14.5 Å². The standard InChI is InChI=1S/C16H11ClF2N2O2S/c1-8(15(22)21-14-10(18)3-2-4-11(14)19)24-16-20-12-7-9(17)5-6-13(12)23-16/h2-8H,1H3,(H,21,22). The van der Waals surface area contributed by atoms with E-state index in [4.69, 9.17) is 16.0 Å². The number of thioether (sulfide) groups is 1. The number of nitrogens with one attached hydrogen (secondary N) is 1. The van der Waals surface area contributed by atoms with Crippen LogP contribution in [0.5, 0.6) is 0 Å². The first kappa shape index (κ1) is 16.7.